The highest BCUT2D eigenvalue weighted by atomic mass is 16.5. The Morgan fingerprint density at radius 2 is 1.89 bits per heavy atom. The number of urea groups is 1. The number of hydrogen-bond acceptors (Lipinski definition) is 4. The molecular formula is C22H36N4O2. The first-order valence-electron chi connectivity index (χ1n) is 10.9. The molecule has 0 aromatic heterocycles. The van der Waals surface area contributed by atoms with E-state index in [1.807, 2.05) is 18.2 Å². The summed E-state index contributed by atoms with van der Waals surface area (Å²) >= 11 is 0. The van der Waals surface area contributed by atoms with Crippen molar-refractivity contribution in [1.29, 1.82) is 0 Å². The van der Waals surface area contributed by atoms with Crippen molar-refractivity contribution < 1.29 is 9.53 Å². The van der Waals surface area contributed by atoms with Gasteiger partial charge in [0.2, 0.25) is 0 Å². The molecule has 2 atom stereocenters. The molecule has 156 valence electrons. The summed E-state index contributed by atoms with van der Waals surface area (Å²) in [4.78, 5) is 17.2. The monoisotopic (exact) mass is 388 g/mol. The van der Waals surface area contributed by atoms with Crippen LogP contribution < -0.4 is 15.5 Å². The molecule has 0 spiro atoms. The van der Waals surface area contributed by atoms with E-state index in [4.69, 9.17) is 4.74 Å². The van der Waals surface area contributed by atoms with Gasteiger partial charge in [0, 0.05) is 32.7 Å². The number of para-hydroxylation sites is 2. The molecule has 6 heteroatoms. The third-order valence-corrected chi connectivity index (χ3v) is 6.06. The zero-order chi connectivity index (χ0) is 19.8. The van der Waals surface area contributed by atoms with Crippen molar-refractivity contribution in [2.75, 3.05) is 56.1 Å². The normalized spacial score (nSPS) is 23.4. The quantitative estimate of drug-likeness (QED) is 0.702. The number of rotatable bonds is 7. The van der Waals surface area contributed by atoms with Gasteiger partial charge in [0.1, 0.15) is 0 Å². The first kappa shape index (κ1) is 20.9. The number of carbonyl (C=O) groups excluding carboxylic acids is 1. The number of amides is 2. The SMILES string of the molecule is CCN1CCN(c2ccccc2NC(=O)NCCO[C@@H]2CCCC[C@H]2C)CC1. The van der Waals surface area contributed by atoms with Gasteiger partial charge in [-0.15, -0.1) is 0 Å². The van der Waals surface area contributed by atoms with Crippen LogP contribution in [0.25, 0.3) is 0 Å². The lowest BCUT2D eigenvalue weighted by atomic mass is 9.88. The lowest BCUT2D eigenvalue weighted by Crippen LogP contribution is -2.46. The van der Waals surface area contributed by atoms with Crippen LogP contribution >= 0.6 is 0 Å². The molecule has 0 radical (unpaired) electrons. The molecule has 2 N–H and O–H groups in total. The summed E-state index contributed by atoms with van der Waals surface area (Å²) < 4.78 is 5.98. The van der Waals surface area contributed by atoms with Crippen molar-refractivity contribution in [3.63, 3.8) is 0 Å². The summed E-state index contributed by atoms with van der Waals surface area (Å²) in [5.74, 6) is 0.627. The van der Waals surface area contributed by atoms with Crippen LogP contribution in [0.15, 0.2) is 24.3 Å². The maximum Gasteiger partial charge on any atom is 0.319 e. The van der Waals surface area contributed by atoms with Gasteiger partial charge >= 0.3 is 6.03 Å². The predicted molar refractivity (Wildman–Crippen MR) is 115 cm³/mol. The summed E-state index contributed by atoms with van der Waals surface area (Å²) in [6.07, 6.45) is 5.32. The fourth-order valence-electron chi connectivity index (χ4n) is 4.23. The largest absolute Gasteiger partial charge is 0.376 e. The van der Waals surface area contributed by atoms with Gasteiger partial charge in [0.05, 0.1) is 24.1 Å². The Morgan fingerprint density at radius 1 is 1.14 bits per heavy atom. The molecule has 2 amide bonds. The van der Waals surface area contributed by atoms with Crippen molar-refractivity contribution in [3.05, 3.63) is 24.3 Å². The second kappa shape index (κ2) is 10.7. The van der Waals surface area contributed by atoms with E-state index in [1.54, 1.807) is 0 Å². The predicted octanol–water partition coefficient (Wildman–Crippen LogP) is 3.55. The average Bonchev–Trinajstić information content (AvgIpc) is 2.73. The number of anilines is 2. The molecular weight excluding hydrogens is 352 g/mol. The fraction of sp³-hybridized carbons (Fsp3) is 0.682. The van der Waals surface area contributed by atoms with E-state index in [0.717, 1.165) is 50.5 Å². The van der Waals surface area contributed by atoms with Gasteiger partial charge in [-0.3, -0.25) is 0 Å². The Labute approximate surface area is 169 Å². The third-order valence-electron chi connectivity index (χ3n) is 6.06. The Hall–Kier alpha value is -1.79. The number of piperazine rings is 1. The number of carbonyl (C=O) groups is 1. The molecule has 2 aliphatic rings. The zero-order valence-electron chi connectivity index (χ0n) is 17.5. The summed E-state index contributed by atoms with van der Waals surface area (Å²) in [6.45, 7) is 10.8. The minimum absolute atomic E-state index is 0.167. The number of hydrogen-bond donors (Lipinski definition) is 2. The minimum atomic E-state index is -0.167. The molecule has 1 aliphatic carbocycles. The molecule has 1 saturated carbocycles. The molecule has 1 saturated heterocycles. The first-order valence-corrected chi connectivity index (χ1v) is 10.9. The molecule has 1 aromatic carbocycles. The van der Waals surface area contributed by atoms with Crippen molar-refractivity contribution in [2.24, 2.45) is 5.92 Å². The van der Waals surface area contributed by atoms with Crippen molar-refractivity contribution in [3.8, 4) is 0 Å². The van der Waals surface area contributed by atoms with E-state index < -0.39 is 0 Å². The van der Waals surface area contributed by atoms with E-state index in [0.29, 0.717) is 25.2 Å². The summed E-state index contributed by atoms with van der Waals surface area (Å²) in [6, 6.07) is 7.89. The molecule has 1 heterocycles. The summed E-state index contributed by atoms with van der Waals surface area (Å²) in [7, 11) is 0. The molecule has 2 fully saturated rings. The Balaban J connectivity index is 1.44. The van der Waals surface area contributed by atoms with Crippen LogP contribution in [0.2, 0.25) is 0 Å². The molecule has 1 aliphatic heterocycles. The smallest absolute Gasteiger partial charge is 0.319 e. The van der Waals surface area contributed by atoms with Crippen molar-refractivity contribution >= 4 is 17.4 Å². The van der Waals surface area contributed by atoms with Crippen LogP contribution in [0.5, 0.6) is 0 Å². The van der Waals surface area contributed by atoms with Crippen molar-refractivity contribution in [1.82, 2.24) is 10.2 Å². The highest BCUT2D eigenvalue weighted by Crippen LogP contribution is 2.27. The van der Waals surface area contributed by atoms with Crippen LogP contribution in [0.4, 0.5) is 16.2 Å². The third kappa shape index (κ3) is 5.85. The zero-order valence-corrected chi connectivity index (χ0v) is 17.5. The van der Waals surface area contributed by atoms with Crippen LogP contribution in [0.1, 0.15) is 39.5 Å². The Kier molecular flexibility index (Phi) is 7.98. The van der Waals surface area contributed by atoms with Gasteiger partial charge in [0.15, 0.2) is 0 Å². The topological polar surface area (TPSA) is 56.8 Å². The highest BCUT2D eigenvalue weighted by molar-refractivity contribution is 5.93. The standard InChI is InChI=1S/C22H36N4O2/c1-3-25-13-15-26(16-14-25)20-10-6-5-9-19(20)24-22(27)23-12-17-28-21-11-7-4-8-18(21)2/h5-6,9-10,18,21H,3-4,7-8,11-17H2,1-2H3,(H2,23,24,27)/t18-,21-/m1/s1. The minimum Gasteiger partial charge on any atom is -0.376 e. The van der Waals surface area contributed by atoms with Crippen LogP contribution in [0, 0.1) is 5.92 Å². The number of benzene rings is 1. The van der Waals surface area contributed by atoms with E-state index >= 15 is 0 Å². The Morgan fingerprint density at radius 3 is 2.64 bits per heavy atom. The summed E-state index contributed by atoms with van der Waals surface area (Å²) in [5.41, 5.74) is 1.97. The van der Waals surface area contributed by atoms with Crippen LogP contribution in [-0.2, 0) is 4.74 Å². The van der Waals surface area contributed by atoms with E-state index in [9.17, 15) is 4.79 Å². The van der Waals surface area contributed by atoms with E-state index in [2.05, 4.69) is 40.3 Å². The molecule has 0 bridgehead atoms. The van der Waals surface area contributed by atoms with Gasteiger partial charge in [-0.1, -0.05) is 38.8 Å². The van der Waals surface area contributed by atoms with E-state index in [-0.39, 0.29) is 6.03 Å². The molecule has 1 aromatic rings. The van der Waals surface area contributed by atoms with Gasteiger partial charge in [-0.05, 0) is 37.4 Å². The lowest BCUT2D eigenvalue weighted by Gasteiger charge is -2.36. The lowest BCUT2D eigenvalue weighted by molar-refractivity contribution is -0.00232. The summed E-state index contributed by atoms with van der Waals surface area (Å²) in [5, 5.41) is 5.95. The van der Waals surface area contributed by atoms with Crippen molar-refractivity contribution in [2.45, 2.75) is 45.6 Å². The van der Waals surface area contributed by atoms with E-state index in [1.165, 1.54) is 19.3 Å². The molecule has 6 nitrogen and oxygen atoms in total. The maximum atomic E-state index is 12.4. The number of likely N-dealkylation sites (N-methyl/N-ethyl adjacent to an activating group) is 1. The molecule has 3 rings (SSSR count). The number of nitrogens with zero attached hydrogens (tertiary/aromatic N) is 2. The molecule has 28 heavy (non-hydrogen) atoms. The van der Waals surface area contributed by atoms with Crippen LogP contribution in [0.3, 0.4) is 0 Å². The van der Waals surface area contributed by atoms with Gasteiger partial charge < -0.3 is 25.2 Å². The average molecular weight is 389 g/mol. The van der Waals surface area contributed by atoms with Gasteiger partial charge in [-0.25, -0.2) is 4.79 Å². The van der Waals surface area contributed by atoms with Gasteiger partial charge in [-0.2, -0.15) is 0 Å². The number of ether oxygens (including phenoxy) is 1. The molecule has 0 unspecified atom stereocenters. The maximum absolute atomic E-state index is 12.4. The van der Waals surface area contributed by atoms with Crippen LogP contribution in [-0.4, -0.2) is 62.9 Å². The fourth-order valence-corrected chi connectivity index (χ4v) is 4.23. The second-order valence-corrected chi connectivity index (χ2v) is 7.99. The second-order valence-electron chi connectivity index (χ2n) is 7.99. The first-order chi connectivity index (χ1) is 13.7. The Bertz CT molecular complexity index is 616. The highest BCUT2D eigenvalue weighted by Gasteiger charge is 2.22. The van der Waals surface area contributed by atoms with Gasteiger partial charge in [0.25, 0.3) is 0 Å². The number of nitrogens with one attached hydrogen (secondary N) is 2.